The Balaban J connectivity index is 0.00000196. The van der Waals surface area contributed by atoms with Gasteiger partial charge in [-0.05, 0) is 17.7 Å². The molecule has 3 rings (SSSR count). The molecule has 0 aliphatic carbocycles. The van der Waals surface area contributed by atoms with Crippen LogP contribution in [0, 0.1) is 0 Å². The lowest BCUT2D eigenvalue weighted by atomic mass is 10.2. The van der Waals surface area contributed by atoms with Crippen molar-refractivity contribution in [3.63, 3.8) is 0 Å². The number of nitrogens with one attached hydrogen (secondary N) is 1. The molecule has 0 spiro atoms. The first-order valence-electron chi connectivity index (χ1n) is 8.69. The summed E-state index contributed by atoms with van der Waals surface area (Å²) in [5.74, 6) is 0.615. The second kappa shape index (κ2) is 12.9. The maximum atomic E-state index is 12.1. The Hall–Kier alpha value is -1.42. The number of aromatic nitrogens is 1. The SMILES string of the molecule is Cl.Cl.NCc1nc(C(=O)NCc2cccc(OCCN3CCOCC3)c2)cs1. The number of ether oxygens (including phenoxy) is 2. The first kappa shape index (κ1) is 24.6. The van der Waals surface area contributed by atoms with Gasteiger partial charge in [-0.25, -0.2) is 4.98 Å². The molecule has 156 valence electrons. The van der Waals surface area contributed by atoms with Crippen LogP contribution in [0.1, 0.15) is 21.1 Å². The van der Waals surface area contributed by atoms with Gasteiger partial charge in [0.15, 0.2) is 0 Å². The number of hydrogen-bond acceptors (Lipinski definition) is 7. The van der Waals surface area contributed by atoms with E-state index >= 15 is 0 Å². The number of thiazole rings is 1. The van der Waals surface area contributed by atoms with E-state index in [9.17, 15) is 4.79 Å². The Bertz CT molecular complexity index is 726. The standard InChI is InChI=1S/C18H24N4O3S.2ClH/c19-11-17-21-16(13-26-17)18(23)20-12-14-2-1-3-15(10-14)25-9-6-22-4-7-24-8-5-22;;/h1-3,10,13H,4-9,11-12,19H2,(H,20,23);2*1H. The van der Waals surface area contributed by atoms with Gasteiger partial charge in [-0.2, -0.15) is 0 Å². The fourth-order valence-corrected chi connectivity index (χ4v) is 3.30. The summed E-state index contributed by atoms with van der Waals surface area (Å²) < 4.78 is 11.2. The number of hydrogen-bond donors (Lipinski definition) is 2. The Morgan fingerprint density at radius 1 is 1.32 bits per heavy atom. The van der Waals surface area contributed by atoms with Crippen molar-refractivity contribution >= 4 is 42.1 Å². The van der Waals surface area contributed by atoms with Crippen molar-refractivity contribution in [1.29, 1.82) is 0 Å². The Labute approximate surface area is 181 Å². The van der Waals surface area contributed by atoms with Gasteiger partial charge in [-0.15, -0.1) is 36.2 Å². The van der Waals surface area contributed by atoms with Crippen molar-refractivity contribution in [3.8, 4) is 5.75 Å². The highest BCUT2D eigenvalue weighted by Crippen LogP contribution is 2.14. The highest BCUT2D eigenvalue weighted by atomic mass is 35.5. The van der Waals surface area contributed by atoms with E-state index in [0.29, 0.717) is 25.4 Å². The van der Waals surface area contributed by atoms with Gasteiger partial charge < -0.3 is 20.5 Å². The van der Waals surface area contributed by atoms with E-state index in [1.54, 1.807) is 5.38 Å². The van der Waals surface area contributed by atoms with Crippen LogP contribution in [0.2, 0.25) is 0 Å². The first-order valence-corrected chi connectivity index (χ1v) is 9.57. The molecule has 1 aromatic carbocycles. The predicted molar refractivity (Wildman–Crippen MR) is 115 cm³/mol. The molecular weight excluding hydrogens is 423 g/mol. The second-order valence-corrected chi connectivity index (χ2v) is 6.91. The lowest BCUT2D eigenvalue weighted by Gasteiger charge is -2.26. The van der Waals surface area contributed by atoms with Gasteiger partial charge in [-0.3, -0.25) is 9.69 Å². The molecule has 2 aromatic rings. The molecule has 0 unspecified atom stereocenters. The van der Waals surface area contributed by atoms with E-state index in [2.05, 4.69) is 15.2 Å². The van der Waals surface area contributed by atoms with Crippen molar-refractivity contribution < 1.29 is 14.3 Å². The molecule has 7 nitrogen and oxygen atoms in total. The quantitative estimate of drug-likeness (QED) is 0.642. The van der Waals surface area contributed by atoms with Crippen LogP contribution >= 0.6 is 36.2 Å². The van der Waals surface area contributed by atoms with Gasteiger partial charge in [0.1, 0.15) is 23.1 Å². The van der Waals surface area contributed by atoms with Crippen LogP contribution in [-0.4, -0.2) is 55.2 Å². The van der Waals surface area contributed by atoms with Gasteiger partial charge in [0.05, 0.1) is 13.2 Å². The summed E-state index contributed by atoms with van der Waals surface area (Å²) in [5.41, 5.74) is 6.92. The Kier molecular flexibility index (Phi) is 11.4. The third-order valence-corrected chi connectivity index (χ3v) is 4.96. The summed E-state index contributed by atoms with van der Waals surface area (Å²) in [4.78, 5) is 18.6. The Morgan fingerprint density at radius 3 is 2.82 bits per heavy atom. The fourth-order valence-electron chi connectivity index (χ4n) is 2.64. The van der Waals surface area contributed by atoms with Gasteiger partial charge >= 0.3 is 0 Å². The topological polar surface area (TPSA) is 89.7 Å². The highest BCUT2D eigenvalue weighted by Gasteiger charge is 2.11. The summed E-state index contributed by atoms with van der Waals surface area (Å²) in [7, 11) is 0. The molecule has 1 aliphatic heterocycles. The molecule has 1 amide bonds. The number of nitrogens with two attached hydrogens (primary N) is 1. The molecule has 0 radical (unpaired) electrons. The minimum atomic E-state index is -0.195. The molecular formula is C18H26Cl2N4O3S. The zero-order valence-electron chi connectivity index (χ0n) is 15.5. The van der Waals surface area contributed by atoms with Crippen molar-refractivity contribution in [2.45, 2.75) is 13.1 Å². The molecule has 0 atom stereocenters. The summed E-state index contributed by atoms with van der Waals surface area (Å²) in [6.07, 6.45) is 0. The smallest absolute Gasteiger partial charge is 0.271 e. The lowest BCUT2D eigenvalue weighted by Crippen LogP contribution is -2.38. The molecule has 28 heavy (non-hydrogen) atoms. The van der Waals surface area contributed by atoms with Gasteiger partial charge in [0.25, 0.3) is 5.91 Å². The number of carbonyl (C=O) groups excluding carboxylic acids is 1. The van der Waals surface area contributed by atoms with Crippen molar-refractivity contribution in [3.05, 3.63) is 45.9 Å². The van der Waals surface area contributed by atoms with E-state index in [1.807, 2.05) is 24.3 Å². The third kappa shape index (κ3) is 7.54. The van der Waals surface area contributed by atoms with Crippen LogP contribution in [-0.2, 0) is 17.8 Å². The maximum absolute atomic E-state index is 12.1. The van der Waals surface area contributed by atoms with Crippen LogP contribution in [0.15, 0.2) is 29.6 Å². The monoisotopic (exact) mass is 448 g/mol. The van der Waals surface area contributed by atoms with E-state index in [1.165, 1.54) is 11.3 Å². The van der Waals surface area contributed by atoms with Crippen molar-refractivity contribution in [2.24, 2.45) is 5.73 Å². The molecule has 2 heterocycles. The largest absolute Gasteiger partial charge is 0.492 e. The lowest BCUT2D eigenvalue weighted by molar-refractivity contribution is 0.0322. The van der Waals surface area contributed by atoms with Crippen LogP contribution in [0.25, 0.3) is 0 Å². The average molecular weight is 449 g/mol. The summed E-state index contributed by atoms with van der Waals surface area (Å²) in [6.45, 7) is 5.79. The molecule has 0 saturated carbocycles. The van der Waals surface area contributed by atoms with Crippen LogP contribution < -0.4 is 15.8 Å². The second-order valence-electron chi connectivity index (χ2n) is 5.96. The van der Waals surface area contributed by atoms with Crippen LogP contribution in [0.4, 0.5) is 0 Å². The van der Waals surface area contributed by atoms with E-state index < -0.39 is 0 Å². The molecule has 1 aromatic heterocycles. The fraction of sp³-hybridized carbons (Fsp3) is 0.444. The van der Waals surface area contributed by atoms with Crippen molar-refractivity contribution in [1.82, 2.24) is 15.2 Å². The van der Waals surface area contributed by atoms with Gasteiger partial charge in [-0.1, -0.05) is 12.1 Å². The van der Waals surface area contributed by atoms with Gasteiger partial charge in [0, 0.05) is 38.1 Å². The average Bonchev–Trinajstić information content (AvgIpc) is 3.17. The highest BCUT2D eigenvalue weighted by molar-refractivity contribution is 7.09. The minimum absolute atomic E-state index is 0. The molecule has 1 aliphatic rings. The summed E-state index contributed by atoms with van der Waals surface area (Å²) in [6, 6.07) is 7.77. The third-order valence-electron chi connectivity index (χ3n) is 4.09. The number of benzene rings is 1. The minimum Gasteiger partial charge on any atom is -0.492 e. The van der Waals surface area contributed by atoms with Crippen LogP contribution in [0.3, 0.4) is 0 Å². The zero-order chi connectivity index (χ0) is 18.2. The Morgan fingerprint density at radius 2 is 2.11 bits per heavy atom. The number of amides is 1. The number of nitrogens with zero attached hydrogens (tertiary/aromatic N) is 2. The van der Waals surface area contributed by atoms with Gasteiger partial charge in [0.2, 0.25) is 0 Å². The maximum Gasteiger partial charge on any atom is 0.271 e. The number of halogens is 2. The normalized spacial score (nSPS) is 13.9. The van der Waals surface area contributed by atoms with Crippen molar-refractivity contribution in [2.75, 3.05) is 39.5 Å². The number of rotatable bonds is 8. The van der Waals surface area contributed by atoms with E-state index in [-0.39, 0.29) is 30.7 Å². The zero-order valence-corrected chi connectivity index (χ0v) is 17.9. The summed E-state index contributed by atoms with van der Waals surface area (Å²) >= 11 is 1.39. The van der Waals surface area contributed by atoms with Crippen LogP contribution in [0.5, 0.6) is 5.75 Å². The number of carbonyl (C=O) groups is 1. The predicted octanol–water partition coefficient (Wildman–Crippen LogP) is 2.09. The number of morpholine rings is 1. The molecule has 1 fully saturated rings. The molecule has 1 saturated heterocycles. The molecule has 3 N–H and O–H groups in total. The molecule has 0 bridgehead atoms. The molecule has 10 heteroatoms. The van der Waals surface area contributed by atoms with E-state index in [4.69, 9.17) is 15.2 Å². The first-order chi connectivity index (χ1) is 12.7. The summed E-state index contributed by atoms with van der Waals surface area (Å²) in [5, 5.41) is 5.35. The van der Waals surface area contributed by atoms with E-state index in [0.717, 1.165) is 49.2 Å².